The average Bonchev–Trinajstić information content (AvgIpc) is 2.91. The van der Waals surface area contributed by atoms with Gasteiger partial charge in [-0.1, -0.05) is 19.9 Å². The maximum absolute atomic E-state index is 11.6. The molecule has 0 spiro atoms. The van der Waals surface area contributed by atoms with Crippen molar-refractivity contribution in [3.05, 3.63) is 35.0 Å². The van der Waals surface area contributed by atoms with E-state index in [-0.39, 0.29) is 5.69 Å². The Kier molecular flexibility index (Phi) is 5.36. The minimum atomic E-state index is -1.05. The fraction of sp³-hybridized carbons (Fsp3) is 0.471. The second kappa shape index (κ2) is 7.26. The summed E-state index contributed by atoms with van der Waals surface area (Å²) in [6.45, 7) is 9.66. The predicted molar refractivity (Wildman–Crippen MR) is 90.6 cm³/mol. The van der Waals surface area contributed by atoms with Crippen molar-refractivity contribution in [1.29, 1.82) is 0 Å². The van der Waals surface area contributed by atoms with Gasteiger partial charge in [0.25, 0.3) is 0 Å². The third kappa shape index (κ3) is 3.88. The summed E-state index contributed by atoms with van der Waals surface area (Å²) >= 11 is 0. The van der Waals surface area contributed by atoms with E-state index in [1.165, 1.54) is 4.80 Å². The fourth-order valence-electron chi connectivity index (χ4n) is 2.70. The number of aryl methyl sites for hydroxylation is 2. The first-order valence-electron chi connectivity index (χ1n) is 8.00. The maximum Gasteiger partial charge on any atom is 0.360 e. The lowest BCUT2D eigenvalue weighted by atomic mass is 10.1. The number of benzene rings is 1. The molecule has 2 rings (SSSR count). The number of rotatable bonds is 7. The Bertz CT molecular complexity index is 668. The highest BCUT2D eigenvalue weighted by Gasteiger charge is 2.23. The molecular formula is C17H24N4O2. The topological polar surface area (TPSA) is 71.2 Å². The number of carbonyl (C=O) groups is 1. The van der Waals surface area contributed by atoms with Crippen LogP contribution < -0.4 is 4.90 Å². The molecule has 0 unspecified atom stereocenters. The number of aromatic nitrogens is 3. The Labute approximate surface area is 136 Å². The summed E-state index contributed by atoms with van der Waals surface area (Å²) in [7, 11) is 0. The zero-order valence-corrected chi connectivity index (χ0v) is 14.2. The van der Waals surface area contributed by atoms with Crippen LogP contribution in [0.25, 0.3) is 5.69 Å². The van der Waals surface area contributed by atoms with E-state index >= 15 is 0 Å². The molecule has 0 bridgehead atoms. The molecule has 1 aromatic heterocycles. The van der Waals surface area contributed by atoms with E-state index in [1.54, 1.807) is 0 Å². The van der Waals surface area contributed by atoms with Gasteiger partial charge >= 0.3 is 5.97 Å². The van der Waals surface area contributed by atoms with Crippen molar-refractivity contribution in [2.75, 3.05) is 18.0 Å². The van der Waals surface area contributed by atoms with Crippen LogP contribution in [0, 0.1) is 13.8 Å². The minimum absolute atomic E-state index is 0.00561. The van der Waals surface area contributed by atoms with Crippen molar-refractivity contribution in [3.8, 4) is 5.69 Å². The summed E-state index contributed by atoms with van der Waals surface area (Å²) in [5.41, 5.74) is 2.97. The molecule has 0 aliphatic heterocycles. The van der Waals surface area contributed by atoms with Crippen LogP contribution in [-0.2, 0) is 0 Å². The van der Waals surface area contributed by atoms with Crippen LogP contribution in [0.15, 0.2) is 18.2 Å². The Morgan fingerprint density at radius 2 is 1.65 bits per heavy atom. The van der Waals surface area contributed by atoms with Gasteiger partial charge in [-0.05, 0) is 49.9 Å². The molecule has 0 radical (unpaired) electrons. The molecule has 0 aliphatic carbocycles. The Balaban J connectivity index is 2.51. The van der Waals surface area contributed by atoms with Crippen LogP contribution in [0.2, 0.25) is 0 Å². The molecule has 1 N–H and O–H groups in total. The summed E-state index contributed by atoms with van der Waals surface area (Å²) in [5.74, 6) is -0.604. The molecule has 0 saturated heterocycles. The van der Waals surface area contributed by atoms with E-state index in [9.17, 15) is 9.90 Å². The van der Waals surface area contributed by atoms with E-state index in [1.807, 2.05) is 30.9 Å². The van der Waals surface area contributed by atoms with Crippen molar-refractivity contribution in [2.24, 2.45) is 0 Å². The van der Waals surface area contributed by atoms with Crippen molar-refractivity contribution < 1.29 is 9.90 Å². The smallest absolute Gasteiger partial charge is 0.360 e. The molecule has 2 aromatic rings. The molecule has 0 fully saturated rings. The highest BCUT2D eigenvalue weighted by atomic mass is 16.4. The van der Waals surface area contributed by atoms with Gasteiger partial charge in [0.2, 0.25) is 5.69 Å². The Morgan fingerprint density at radius 1 is 1.09 bits per heavy atom. The van der Waals surface area contributed by atoms with Crippen molar-refractivity contribution in [2.45, 2.75) is 40.5 Å². The summed E-state index contributed by atoms with van der Waals surface area (Å²) < 4.78 is 0. The van der Waals surface area contributed by atoms with Crippen molar-refractivity contribution in [3.63, 3.8) is 0 Å². The van der Waals surface area contributed by atoms with Gasteiger partial charge in [-0.15, -0.1) is 15.0 Å². The standard InChI is InChI=1S/C17H24N4O2/c1-5-7-20(8-6-2)16-15(17(22)23)18-21(19-16)14-10-12(3)9-13(4)11-14/h9-11H,5-8H2,1-4H3,(H,22,23). The van der Waals surface area contributed by atoms with E-state index in [0.29, 0.717) is 5.82 Å². The molecule has 1 aromatic carbocycles. The Morgan fingerprint density at radius 3 is 2.13 bits per heavy atom. The van der Waals surface area contributed by atoms with Gasteiger partial charge in [-0.2, -0.15) is 0 Å². The number of nitrogens with zero attached hydrogens (tertiary/aromatic N) is 4. The second-order valence-electron chi connectivity index (χ2n) is 5.80. The van der Waals surface area contributed by atoms with Gasteiger partial charge in [-0.25, -0.2) is 4.79 Å². The van der Waals surface area contributed by atoms with Crippen molar-refractivity contribution in [1.82, 2.24) is 15.0 Å². The lowest BCUT2D eigenvalue weighted by Crippen LogP contribution is -2.27. The molecule has 0 amide bonds. The van der Waals surface area contributed by atoms with Gasteiger partial charge in [-0.3, -0.25) is 0 Å². The van der Waals surface area contributed by atoms with Crippen LogP contribution in [-0.4, -0.2) is 39.2 Å². The molecule has 6 nitrogen and oxygen atoms in total. The number of carboxylic acid groups (broad SMARTS) is 1. The minimum Gasteiger partial charge on any atom is -0.476 e. The molecule has 0 aliphatic rings. The lowest BCUT2D eigenvalue weighted by molar-refractivity contribution is 0.0690. The average molecular weight is 316 g/mol. The second-order valence-corrected chi connectivity index (χ2v) is 5.80. The number of hydrogen-bond donors (Lipinski definition) is 1. The maximum atomic E-state index is 11.6. The van der Waals surface area contributed by atoms with Crippen LogP contribution in [0.1, 0.15) is 48.3 Å². The van der Waals surface area contributed by atoms with Crippen LogP contribution >= 0.6 is 0 Å². The first-order chi connectivity index (χ1) is 11.0. The number of hydrogen-bond acceptors (Lipinski definition) is 4. The SMILES string of the molecule is CCCN(CCC)c1nn(-c2cc(C)cc(C)c2)nc1C(=O)O. The molecule has 124 valence electrons. The molecular weight excluding hydrogens is 292 g/mol. The number of anilines is 1. The third-order valence-corrected chi connectivity index (χ3v) is 3.52. The Hall–Kier alpha value is -2.37. The van der Waals surface area contributed by atoms with Gasteiger partial charge < -0.3 is 10.0 Å². The highest BCUT2D eigenvalue weighted by molar-refractivity contribution is 5.91. The zero-order chi connectivity index (χ0) is 17.0. The zero-order valence-electron chi connectivity index (χ0n) is 14.2. The third-order valence-electron chi connectivity index (χ3n) is 3.52. The summed E-state index contributed by atoms with van der Waals surface area (Å²) in [6.07, 6.45) is 1.85. The molecule has 6 heteroatoms. The summed E-state index contributed by atoms with van der Waals surface area (Å²) in [6, 6.07) is 5.96. The highest BCUT2D eigenvalue weighted by Crippen LogP contribution is 2.20. The van der Waals surface area contributed by atoms with Gasteiger partial charge in [0.15, 0.2) is 5.82 Å². The molecule has 23 heavy (non-hydrogen) atoms. The fourth-order valence-corrected chi connectivity index (χ4v) is 2.70. The summed E-state index contributed by atoms with van der Waals surface area (Å²) in [4.78, 5) is 15.0. The predicted octanol–water partition coefficient (Wildman–Crippen LogP) is 3.21. The van der Waals surface area contributed by atoms with Crippen molar-refractivity contribution >= 4 is 11.8 Å². The number of carboxylic acids is 1. The van der Waals surface area contributed by atoms with Gasteiger partial charge in [0.05, 0.1) is 5.69 Å². The van der Waals surface area contributed by atoms with E-state index in [0.717, 1.165) is 42.7 Å². The van der Waals surface area contributed by atoms with Gasteiger partial charge in [0, 0.05) is 13.1 Å². The first-order valence-corrected chi connectivity index (χ1v) is 8.00. The van der Waals surface area contributed by atoms with Crippen LogP contribution in [0.4, 0.5) is 5.82 Å². The summed E-state index contributed by atoms with van der Waals surface area (Å²) in [5, 5.41) is 18.2. The largest absolute Gasteiger partial charge is 0.476 e. The normalized spacial score (nSPS) is 10.8. The van der Waals surface area contributed by atoms with E-state index < -0.39 is 5.97 Å². The van der Waals surface area contributed by atoms with E-state index in [2.05, 4.69) is 30.1 Å². The molecule has 1 heterocycles. The number of aromatic carboxylic acids is 1. The lowest BCUT2D eigenvalue weighted by Gasteiger charge is -2.20. The van der Waals surface area contributed by atoms with E-state index in [4.69, 9.17) is 0 Å². The first kappa shape index (κ1) is 17.0. The molecule has 0 saturated carbocycles. The van der Waals surface area contributed by atoms with Crippen LogP contribution in [0.5, 0.6) is 0 Å². The molecule has 0 atom stereocenters. The van der Waals surface area contributed by atoms with Crippen LogP contribution in [0.3, 0.4) is 0 Å². The monoisotopic (exact) mass is 316 g/mol. The van der Waals surface area contributed by atoms with Gasteiger partial charge in [0.1, 0.15) is 0 Å². The quantitative estimate of drug-likeness (QED) is 0.849.